The van der Waals surface area contributed by atoms with E-state index in [-0.39, 0.29) is 0 Å². The summed E-state index contributed by atoms with van der Waals surface area (Å²) in [7, 11) is 0. The van der Waals surface area contributed by atoms with Gasteiger partial charge in [-0.25, -0.2) is 8.78 Å². The zero-order chi connectivity index (χ0) is 15.9. The van der Waals surface area contributed by atoms with E-state index in [1.807, 2.05) is 24.3 Å². The first kappa shape index (κ1) is 16.2. The molecule has 0 aliphatic heterocycles. The Kier molecular flexibility index (Phi) is 5.66. The number of benzene rings is 2. The maximum atomic E-state index is 13.7. The third-order valence-electron chi connectivity index (χ3n) is 3.76. The van der Waals surface area contributed by atoms with Crippen molar-refractivity contribution < 1.29 is 8.78 Å². The van der Waals surface area contributed by atoms with Crippen LogP contribution in [-0.2, 0) is 6.42 Å². The number of aryl methyl sites for hydroxylation is 1. The van der Waals surface area contributed by atoms with Crippen LogP contribution in [0.5, 0.6) is 0 Å². The van der Waals surface area contributed by atoms with Gasteiger partial charge in [-0.1, -0.05) is 50.5 Å². The lowest BCUT2D eigenvalue weighted by Gasteiger charge is -2.06. The predicted molar refractivity (Wildman–Crippen MR) is 84.4 cm³/mol. The van der Waals surface area contributed by atoms with E-state index in [1.54, 1.807) is 0 Å². The van der Waals surface area contributed by atoms with E-state index in [1.165, 1.54) is 43.0 Å². The molecule has 0 fully saturated rings. The molecule has 0 radical (unpaired) electrons. The number of unbranched alkanes of at least 4 members (excludes halogenated alkanes) is 3. The Morgan fingerprint density at radius 1 is 0.909 bits per heavy atom. The van der Waals surface area contributed by atoms with E-state index in [0.29, 0.717) is 5.56 Å². The number of nitriles is 1. The van der Waals surface area contributed by atoms with Crippen LogP contribution >= 0.6 is 0 Å². The van der Waals surface area contributed by atoms with Crippen molar-refractivity contribution in [2.45, 2.75) is 39.0 Å². The summed E-state index contributed by atoms with van der Waals surface area (Å²) < 4.78 is 27.3. The Hall–Kier alpha value is -2.21. The van der Waals surface area contributed by atoms with Crippen molar-refractivity contribution in [1.82, 2.24) is 0 Å². The summed E-state index contributed by atoms with van der Waals surface area (Å²) in [6.07, 6.45) is 5.88. The first-order valence-electron chi connectivity index (χ1n) is 7.64. The first-order valence-corrected chi connectivity index (χ1v) is 7.64. The molecular weight excluding hydrogens is 280 g/mol. The molecule has 0 unspecified atom stereocenters. The summed E-state index contributed by atoms with van der Waals surface area (Å²) in [5, 5.41) is 8.69. The minimum Gasteiger partial charge on any atom is -0.205 e. The molecule has 114 valence electrons. The van der Waals surface area contributed by atoms with Crippen LogP contribution < -0.4 is 0 Å². The largest absolute Gasteiger partial charge is 0.205 e. The van der Waals surface area contributed by atoms with Gasteiger partial charge < -0.3 is 0 Å². The van der Waals surface area contributed by atoms with E-state index < -0.39 is 17.2 Å². The zero-order valence-corrected chi connectivity index (χ0v) is 12.7. The highest BCUT2D eigenvalue weighted by atomic mass is 19.1. The molecule has 0 saturated carbocycles. The second-order valence-electron chi connectivity index (χ2n) is 5.43. The van der Waals surface area contributed by atoms with Crippen molar-refractivity contribution >= 4 is 0 Å². The number of nitrogens with zero attached hydrogens (tertiary/aromatic N) is 1. The normalized spacial score (nSPS) is 10.5. The lowest BCUT2D eigenvalue weighted by atomic mass is 10.00. The molecule has 2 aromatic carbocycles. The number of halogens is 2. The summed E-state index contributed by atoms with van der Waals surface area (Å²) in [5.41, 5.74) is 1.90. The van der Waals surface area contributed by atoms with Gasteiger partial charge in [-0.05, 0) is 41.7 Å². The molecule has 2 aromatic rings. The SMILES string of the molecule is CCCCCCc1ccc(-c2cc(F)c(C#N)c(F)c2)cc1. The molecule has 0 N–H and O–H groups in total. The molecule has 0 aromatic heterocycles. The third kappa shape index (κ3) is 3.92. The minimum atomic E-state index is -0.818. The molecular formula is C19H19F2N. The Bertz CT molecular complexity index is 646. The van der Waals surface area contributed by atoms with Crippen LogP contribution in [0.1, 0.15) is 43.7 Å². The fourth-order valence-electron chi connectivity index (χ4n) is 2.47. The van der Waals surface area contributed by atoms with Gasteiger partial charge in [0.2, 0.25) is 0 Å². The van der Waals surface area contributed by atoms with Crippen LogP contribution in [0.3, 0.4) is 0 Å². The van der Waals surface area contributed by atoms with Crippen LogP contribution in [-0.4, -0.2) is 0 Å². The number of hydrogen-bond donors (Lipinski definition) is 0. The van der Waals surface area contributed by atoms with Crippen molar-refractivity contribution in [2.75, 3.05) is 0 Å². The third-order valence-corrected chi connectivity index (χ3v) is 3.76. The highest BCUT2D eigenvalue weighted by Gasteiger charge is 2.11. The van der Waals surface area contributed by atoms with Gasteiger partial charge in [0.25, 0.3) is 0 Å². The van der Waals surface area contributed by atoms with Crippen LogP contribution in [0.25, 0.3) is 11.1 Å². The average Bonchev–Trinajstić information content (AvgIpc) is 2.52. The van der Waals surface area contributed by atoms with Crippen LogP contribution in [0.2, 0.25) is 0 Å². The van der Waals surface area contributed by atoms with Crippen molar-refractivity contribution in [2.24, 2.45) is 0 Å². The molecule has 0 spiro atoms. The van der Waals surface area contributed by atoms with E-state index in [0.717, 1.165) is 18.4 Å². The van der Waals surface area contributed by atoms with Crippen molar-refractivity contribution in [3.8, 4) is 17.2 Å². The molecule has 1 nitrogen and oxygen atoms in total. The summed E-state index contributed by atoms with van der Waals surface area (Å²) >= 11 is 0. The maximum Gasteiger partial charge on any atom is 0.144 e. The van der Waals surface area contributed by atoms with Crippen LogP contribution in [0, 0.1) is 23.0 Å². The van der Waals surface area contributed by atoms with Crippen molar-refractivity contribution in [1.29, 1.82) is 5.26 Å². The zero-order valence-electron chi connectivity index (χ0n) is 12.7. The number of hydrogen-bond acceptors (Lipinski definition) is 1. The molecule has 3 heteroatoms. The lowest BCUT2D eigenvalue weighted by Crippen LogP contribution is -1.92. The molecule has 2 rings (SSSR count). The molecule has 0 saturated heterocycles. The molecule has 0 amide bonds. The quantitative estimate of drug-likeness (QED) is 0.634. The van der Waals surface area contributed by atoms with Gasteiger partial charge in [-0.15, -0.1) is 0 Å². The fraction of sp³-hybridized carbons (Fsp3) is 0.316. The van der Waals surface area contributed by atoms with Gasteiger partial charge in [0.15, 0.2) is 0 Å². The van der Waals surface area contributed by atoms with Gasteiger partial charge in [0.05, 0.1) is 0 Å². The Morgan fingerprint density at radius 3 is 2.09 bits per heavy atom. The van der Waals surface area contributed by atoms with Crippen LogP contribution in [0.15, 0.2) is 36.4 Å². The van der Waals surface area contributed by atoms with Crippen molar-refractivity contribution in [3.05, 3.63) is 59.2 Å². The Balaban J connectivity index is 2.12. The summed E-state index contributed by atoms with van der Waals surface area (Å²) in [6, 6.07) is 11.7. The molecule has 0 heterocycles. The molecule has 0 bridgehead atoms. The van der Waals surface area contributed by atoms with Gasteiger partial charge in [-0.3, -0.25) is 0 Å². The average molecular weight is 299 g/mol. The second-order valence-corrected chi connectivity index (χ2v) is 5.43. The lowest BCUT2D eigenvalue weighted by molar-refractivity contribution is 0.577. The molecule has 0 aliphatic rings. The van der Waals surface area contributed by atoms with Gasteiger partial charge in [0, 0.05) is 0 Å². The minimum absolute atomic E-state index is 0.450. The molecule has 0 atom stereocenters. The summed E-state index contributed by atoms with van der Waals surface area (Å²) in [6.45, 7) is 2.19. The topological polar surface area (TPSA) is 23.8 Å². The highest BCUT2D eigenvalue weighted by Crippen LogP contribution is 2.25. The van der Waals surface area contributed by atoms with Gasteiger partial charge >= 0.3 is 0 Å². The highest BCUT2D eigenvalue weighted by molar-refractivity contribution is 5.65. The number of rotatable bonds is 6. The Morgan fingerprint density at radius 2 is 1.55 bits per heavy atom. The van der Waals surface area contributed by atoms with Gasteiger partial charge in [-0.2, -0.15) is 5.26 Å². The second kappa shape index (κ2) is 7.70. The van der Waals surface area contributed by atoms with E-state index >= 15 is 0 Å². The molecule has 22 heavy (non-hydrogen) atoms. The van der Waals surface area contributed by atoms with Gasteiger partial charge in [0.1, 0.15) is 23.3 Å². The fourth-order valence-corrected chi connectivity index (χ4v) is 2.47. The monoisotopic (exact) mass is 299 g/mol. The summed E-state index contributed by atoms with van der Waals surface area (Å²) in [4.78, 5) is 0. The predicted octanol–water partition coefficient (Wildman–Crippen LogP) is 5.63. The van der Waals surface area contributed by atoms with Crippen molar-refractivity contribution in [3.63, 3.8) is 0 Å². The standard InChI is InChI=1S/C19H19F2N/c1-2-3-4-5-6-14-7-9-15(10-8-14)16-11-18(20)17(13-22)19(21)12-16/h7-12H,2-6H2,1H3. The van der Waals surface area contributed by atoms with Crippen LogP contribution in [0.4, 0.5) is 8.78 Å². The first-order chi connectivity index (χ1) is 10.7. The maximum absolute atomic E-state index is 13.7. The molecule has 0 aliphatic carbocycles. The smallest absolute Gasteiger partial charge is 0.144 e. The van der Waals surface area contributed by atoms with E-state index in [9.17, 15) is 8.78 Å². The van der Waals surface area contributed by atoms with E-state index in [2.05, 4.69) is 6.92 Å². The summed E-state index contributed by atoms with van der Waals surface area (Å²) in [5.74, 6) is -1.64. The Labute approximate surface area is 130 Å². The van der Waals surface area contributed by atoms with E-state index in [4.69, 9.17) is 5.26 Å².